The molecule has 1 aromatic heterocycles. The molecule has 134 valence electrons. The number of ether oxygens (including phenoxy) is 1. The Hall–Kier alpha value is -1.80. The van der Waals surface area contributed by atoms with E-state index in [0.29, 0.717) is 0 Å². The molecule has 3 rings (SSSR count). The van der Waals surface area contributed by atoms with Crippen LogP contribution in [0.1, 0.15) is 11.3 Å². The number of morpholine rings is 1. The molecular formula is C18H23N3O3S. The highest BCUT2D eigenvalue weighted by Gasteiger charge is 2.12. The number of carbonyl (C=O) groups is 1. The van der Waals surface area contributed by atoms with E-state index in [9.17, 15) is 4.79 Å². The SMILES string of the molecule is O=C(Cc1csc(-c2ccc(CN3CCOCC3)cc2)n1)NCCO. The summed E-state index contributed by atoms with van der Waals surface area (Å²) in [6, 6.07) is 8.45. The monoisotopic (exact) mass is 361 g/mol. The average Bonchev–Trinajstić information content (AvgIpc) is 3.10. The van der Waals surface area contributed by atoms with Crippen molar-refractivity contribution in [2.45, 2.75) is 13.0 Å². The fourth-order valence-corrected chi connectivity index (χ4v) is 3.54. The van der Waals surface area contributed by atoms with Crippen LogP contribution in [0.2, 0.25) is 0 Å². The van der Waals surface area contributed by atoms with E-state index in [1.807, 2.05) is 5.38 Å². The zero-order valence-electron chi connectivity index (χ0n) is 14.1. The fraction of sp³-hybridized carbons (Fsp3) is 0.444. The number of hydrogen-bond acceptors (Lipinski definition) is 6. The molecule has 1 aromatic carbocycles. The molecule has 7 heteroatoms. The summed E-state index contributed by atoms with van der Waals surface area (Å²) in [5.41, 5.74) is 3.11. The summed E-state index contributed by atoms with van der Waals surface area (Å²) in [6.45, 7) is 4.76. The first-order chi connectivity index (χ1) is 12.2. The second-order valence-corrected chi connectivity index (χ2v) is 6.84. The van der Waals surface area contributed by atoms with Crippen LogP contribution >= 0.6 is 11.3 Å². The van der Waals surface area contributed by atoms with Crippen LogP contribution in [0.4, 0.5) is 0 Å². The summed E-state index contributed by atoms with van der Waals surface area (Å²) in [7, 11) is 0. The van der Waals surface area contributed by atoms with Crippen LogP contribution in [0.15, 0.2) is 29.6 Å². The Morgan fingerprint density at radius 3 is 2.76 bits per heavy atom. The summed E-state index contributed by atoms with van der Waals surface area (Å²) in [4.78, 5) is 18.6. The van der Waals surface area contributed by atoms with E-state index in [2.05, 4.69) is 39.5 Å². The molecule has 1 fully saturated rings. The first-order valence-electron chi connectivity index (χ1n) is 8.46. The quantitative estimate of drug-likeness (QED) is 0.777. The van der Waals surface area contributed by atoms with Gasteiger partial charge in [-0.2, -0.15) is 0 Å². The molecule has 1 amide bonds. The van der Waals surface area contributed by atoms with Crippen molar-refractivity contribution >= 4 is 17.2 Å². The lowest BCUT2D eigenvalue weighted by atomic mass is 10.1. The number of amides is 1. The van der Waals surface area contributed by atoms with Gasteiger partial charge in [0.15, 0.2) is 0 Å². The maximum atomic E-state index is 11.7. The van der Waals surface area contributed by atoms with Gasteiger partial charge in [-0.25, -0.2) is 4.98 Å². The maximum absolute atomic E-state index is 11.7. The predicted octanol–water partition coefficient (Wildman–Crippen LogP) is 1.29. The molecule has 0 spiro atoms. The highest BCUT2D eigenvalue weighted by Crippen LogP contribution is 2.24. The van der Waals surface area contributed by atoms with E-state index in [1.165, 1.54) is 5.56 Å². The molecule has 0 unspecified atom stereocenters. The third kappa shape index (κ3) is 5.34. The second-order valence-electron chi connectivity index (χ2n) is 5.98. The van der Waals surface area contributed by atoms with Gasteiger partial charge in [0.2, 0.25) is 5.91 Å². The van der Waals surface area contributed by atoms with Gasteiger partial charge in [0.1, 0.15) is 5.01 Å². The van der Waals surface area contributed by atoms with Crippen LogP contribution in [0.5, 0.6) is 0 Å². The molecule has 0 saturated carbocycles. The number of rotatable bonds is 7. The molecule has 2 heterocycles. The van der Waals surface area contributed by atoms with E-state index < -0.39 is 0 Å². The number of carbonyl (C=O) groups excluding carboxylic acids is 1. The van der Waals surface area contributed by atoms with E-state index in [-0.39, 0.29) is 25.5 Å². The van der Waals surface area contributed by atoms with Gasteiger partial charge in [-0.05, 0) is 5.56 Å². The van der Waals surface area contributed by atoms with Crippen molar-refractivity contribution in [3.8, 4) is 10.6 Å². The molecule has 0 atom stereocenters. The first-order valence-corrected chi connectivity index (χ1v) is 9.34. The van der Waals surface area contributed by atoms with Crippen molar-refractivity contribution in [1.82, 2.24) is 15.2 Å². The number of hydrogen-bond donors (Lipinski definition) is 2. The van der Waals surface area contributed by atoms with Crippen molar-refractivity contribution in [3.05, 3.63) is 40.9 Å². The minimum atomic E-state index is -0.119. The number of aliphatic hydroxyl groups excluding tert-OH is 1. The molecule has 0 aliphatic carbocycles. The zero-order valence-corrected chi connectivity index (χ0v) is 14.9. The van der Waals surface area contributed by atoms with E-state index >= 15 is 0 Å². The predicted molar refractivity (Wildman–Crippen MR) is 97.4 cm³/mol. The number of thiazole rings is 1. The molecule has 1 saturated heterocycles. The molecule has 0 bridgehead atoms. The van der Waals surface area contributed by atoms with E-state index in [4.69, 9.17) is 9.84 Å². The molecule has 1 aliphatic heterocycles. The van der Waals surface area contributed by atoms with Gasteiger partial charge in [0.05, 0.1) is 31.9 Å². The summed E-state index contributed by atoms with van der Waals surface area (Å²) in [5.74, 6) is -0.119. The van der Waals surface area contributed by atoms with Crippen LogP contribution < -0.4 is 5.32 Å². The van der Waals surface area contributed by atoms with Crippen LogP contribution in [-0.2, 0) is 22.5 Å². The van der Waals surface area contributed by atoms with E-state index in [1.54, 1.807) is 11.3 Å². The van der Waals surface area contributed by atoms with Gasteiger partial charge < -0.3 is 15.2 Å². The second kappa shape index (κ2) is 9.05. The van der Waals surface area contributed by atoms with Crippen LogP contribution in [0.25, 0.3) is 10.6 Å². The van der Waals surface area contributed by atoms with Crippen LogP contribution in [-0.4, -0.2) is 60.4 Å². The van der Waals surface area contributed by atoms with Crippen molar-refractivity contribution in [3.63, 3.8) is 0 Å². The maximum Gasteiger partial charge on any atom is 0.226 e. The van der Waals surface area contributed by atoms with Gasteiger partial charge >= 0.3 is 0 Å². The largest absolute Gasteiger partial charge is 0.395 e. The zero-order chi connectivity index (χ0) is 17.5. The van der Waals surface area contributed by atoms with E-state index in [0.717, 1.165) is 49.1 Å². The number of aromatic nitrogens is 1. The Morgan fingerprint density at radius 2 is 2.04 bits per heavy atom. The van der Waals surface area contributed by atoms with Gasteiger partial charge in [0.25, 0.3) is 0 Å². The standard InChI is InChI=1S/C18H23N3O3S/c22-8-5-19-17(23)11-16-13-25-18(20-16)15-3-1-14(2-4-15)12-21-6-9-24-10-7-21/h1-4,13,22H,5-12H2,(H,19,23). The van der Waals surface area contributed by atoms with Gasteiger partial charge in [-0.15, -0.1) is 11.3 Å². The summed E-state index contributed by atoms with van der Waals surface area (Å²) < 4.78 is 5.38. The molecular weight excluding hydrogens is 338 g/mol. The number of nitrogens with one attached hydrogen (secondary N) is 1. The third-order valence-corrected chi connectivity index (χ3v) is 4.98. The average molecular weight is 361 g/mol. The molecule has 0 radical (unpaired) electrons. The Morgan fingerprint density at radius 1 is 1.28 bits per heavy atom. The number of benzene rings is 1. The normalized spacial score (nSPS) is 15.2. The fourth-order valence-electron chi connectivity index (χ4n) is 2.71. The summed E-state index contributed by atoms with van der Waals surface area (Å²) in [5, 5.41) is 14.2. The van der Waals surface area contributed by atoms with Crippen molar-refractivity contribution in [2.24, 2.45) is 0 Å². The molecule has 2 N–H and O–H groups in total. The summed E-state index contributed by atoms with van der Waals surface area (Å²) in [6.07, 6.45) is 0.242. The first kappa shape index (κ1) is 18.0. The van der Waals surface area contributed by atoms with Gasteiger partial charge in [-0.1, -0.05) is 24.3 Å². The summed E-state index contributed by atoms with van der Waals surface area (Å²) >= 11 is 1.54. The Kier molecular flexibility index (Phi) is 6.52. The lowest BCUT2D eigenvalue weighted by molar-refractivity contribution is -0.120. The Labute approximate surface area is 151 Å². The van der Waals surface area contributed by atoms with Crippen molar-refractivity contribution in [1.29, 1.82) is 0 Å². The molecule has 1 aliphatic rings. The topological polar surface area (TPSA) is 74.7 Å². The van der Waals surface area contributed by atoms with Gasteiger partial charge in [-0.3, -0.25) is 9.69 Å². The minimum Gasteiger partial charge on any atom is -0.395 e. The molecule has 6 nitrogen and oxygen atoms in total. The van der Waals surface area contributed by atoms with Crippen molar-refractivity contribution in [2.75, 3.05) is 39.5 Å². The smallest absolute Gasteiger partial charge is 0.226 e. The Bertz CT molecular complexity index is 681. The number of nitrogens with zero attached hydrogens (tertiary/aromatic N) is 2. The lowest BCUT2D eigenvalue weighted by Crippen LogP contribution is -2.35. The molecule has 2 aromatic rings. The Balaban J connectivity index is 1.57. The van der Waals surface area contributed by atoms with Crippen molar-refractivity contribution < 1.29 is 14.6 Å². The molecule has 25 heavy (non-hydrogen) atoms. The highest BCUT2D eigenvalue weighted by molar-refractivity contribution is 7.13. The lowest BCUT2D eigenvalue weighted by Gasteiger charge is -2.26. The number of aliphatic hydroxyl groups is 1. The van der Waals surface area contributed by atoms with Crippen LogP contribution in [0.3, 0.4) is 0 Å². The van der Waals surface area contributed by atoms with Crippen LogP contribution in [0, 0.1) is 0 Å². The highest BCUT2D eigenvalue weighted by atomic mass is 32.1. The van der Waals surface area contributed by atoms with Gasteiger partial charge in [0, 0.05) is 37.1 Å². The third-order valence-electron chi connectivity index (χ3n) is 4.04. The minimum absolute atomic E-state index is 0.0507.